The Labute approximate surface area is 129 Å². The lowest BCUT2D eigenvalue weighted by Crippen LogP contribution is -2.27. The van der Waals surface area contributed by atoms with E-state index in [9.17, 15) is 9.18 Å². The van der Waals surface area contributed by atoms with Crippen LogP contribution in [-0.2, 0) is 4.74 Å². The smallest absolute Gasteiger partial charge is 0.340 e. The average molecular weight is 304 g/mol. The Kier molecular flexibility index (Phi) is 4.35. The van der Waals surface area contributed by atoms with E-state index in [0.717, 1.165) is 0 Å². The first-order valence-corrected chi connectivity index (χ1v) is 7.28. The minimum Gasteiger partial charge on any atom is -0.462 e. The first-order chi connectivity index (χ1) is 10.2. The molecule has 1 N–H and O–H groups in total. The molecule has 0 saturated carbocycles. The van der Waals surface area contributed by atoms with Crippen LogP contribution in [0.5, 0.6) is 0 Å². The van der Waals surface area contributed by atoms with Gasteiger partial charge in [0.2, 0.25) is 0 Å². The number of halogens is 1. The summed E-state index contributed by atoms with van der Waals surface area (Å²) >= 11 is 0. The summed E-state index contributed by atoms with van der Waals surface area (Å²) in [5, 5.41) is 4.02. The minimum absolute atomic E-state index is 0.261. The van der Waals surface area contributed by atoms with Crippen LogP contribution in [0.15, 0.2) is 18.2 Å². The van der Waals surface area contributed by atoms with Crippen molar-refractivity contribution in [1.29, 1.82) is 0 Å². The predicted octanol–water partition coefficient (Wildman–Crippen LogP) is 4.07. The molecule has 0 radical (unpaired) electrons. The average Bonchev–Trinajstić information content (AvgIpc) is 2.36. The van der Waals surface area contributed by atoms with Crippen LogP contribution in [0.4, 0.5) is 10.2 Å². The van der Waals surface area contributed by atoms with E-state index in [1.54, 1.807) is 26.0 Å². The summed E-state index contributed by atoms with van der Waals surface area (Å²) in [5.74, 6) is -0.459. The van der Waals surface area contributed by atoms with Gasteiger partial charge in [0.1, 0.15) is 11.6 Å². The Morgan fingerprint density at radius 2 is 2.05 bits per heavy atom. The van der Waals surface area contributed by atoms with Crippen LogP contribution in [0.2, 0.25) is 0 Å². The molecule has 1 heterocycles. The highest BCUT2D eigenvalue weighted by Gasteiger charge is 2.22. The number of hydrogen-bond acceptors (Lipinski definition) is 4. The molecule has 0 aliphatic heterocycles. The number of hydrogen-bond donors (Lipinski definition) is 1. The molecule has 2 rings (SSSR count). The molecule has 0 unspecified atom stereocenters. The van der Waals surface area contributed by atoms with Gasteiger partial charge < -0.3 is 10.1 Å². The first-order valence-electron chi connectivity index (χ1n) is 7.28. The van der Waals surface area contributed by atoms with Gasteiger partial charge in [-0.2, -0.15) is 0 Å². The van der Waals surface area contributed by atoms with Crippen molar-refractivity contribution in [2.75, 3.05) is 11.9 Å². The van der Waals surface area contributed by atoms with Crippen LogP contribution in [-0.4, -0.2) is 23.1 Å². The van der Waals surface area contributed by atoms with Crippen molar-refractivity contribution in [3.8, 4) is 0 Å². The van der Waals surface area contributed by atoms with Gasteiger partial charge in [0.05, 0.1) is 23.3 Å². The molecule has 2 aromatic rings. The van der Waals surface area contributed by atoms with E-state index < -0.39 is 11.8 Å². The van der Waals surface area contributed by atoms with Gasteiger partial charge in [0.15, 0.2) is 0 Å². The number of nitrogens with zero attached hydrogens (tertiary/aromatic N) is 1. The molecule has 0 bridgehead atoms. The van der Waals surface area contributed by atoms with E-state index in [1.807, 2.05) is 20.8 Å². The number of anilines is 1. The lowest BCUT2D eigenvalue weighted by atomic mass is 10.0. The number of rotatable bonds is 3. The van der Waals surface area contributed by atoms with Crippen molar-refractivity contribution in [2.45, 2.75) is 40.2 Å². The standard InChI is InChI=1S/C17H21FN2O2/c1-6-22-16(21)13-10(2)19-15(20-17(3,4)5)14-11(13)8-7-9-12(14)18/h7-9H,6H2,1-5H3,(H,19,20). The zero-order valence-electron chi connectivity index (χ0n) is 13.6. The fourth-order valence-electron chi connectivity index (χ4n) is 2.35. The van der Waals surface area contributed by atoms with Crippen LogP contribution in [0.25, 0.3) is 10.8 Å². The fraction of sp³-hybridized carbons (Fsp3) is 0.412. The van der Waals surface area contributed by atoms with Crippen molar-refractivity contribution < 1.29 is 13.9 Å². The van der Waals surface area contributed by atoms with Gasteiger partial charge >= 0.3 is 5.97 Å². The summed E-state index contributed by atoms with van der Waals surface area (Å²) in [6.45, 7) is 9.63. The highest BCUT2D eigenvalue weighted by Crippen LogP contribution is 2.31. The van der Waals surface area contributed by atoms with Crippen molar-refractivity contribution in [3.63, 3.8) is 0 Å². The summed E-state index contributed by atoms with van der Waals surface area (Å²) in [4.78, 5) is 16.6. The van der Waals surface area contributed by atoms with Crippen molar-refractivity contribution >= 4 is 22.6 Å². The third-order valence-electron chi connectivity index (χ3n) is 3.13. The molecule has 0 aliphatic rings. The van der Waals surface area contributed by atoms with Gasteiger partial charge in [0.25, 0.3) is 0 Å². The highest BCUT2D eigenvalue weighted by molar-refractivity contribution is 6.08. The Morgan fingerprint density at radius 1 is 1.36 bits per heavy atom. The van der Waals surface area contributed by atoms with E-state index >= 15 is 0 Å². The van der Waals surface area contributed by atoms with Gasteiger partial charge in [0, 0.05) is 10.9 Å². The summed E-state index contributed by atoms with van der Waals surface area (Å²) in [7, 11) is 0. The molecule has 0 amide bonds. The molecular weight excluding hydrogens is 283 g/mol. The maximum absolute atomic E-state index is 14.4. The van der Waals surface area contributed by atoms with Crippen LogP contribution in [0.1, 0.15) is 43.7 Å². The van der Waals surface area contributed by atoms with Gasteiger partial charge in [-0.05, 0) is 40.7 Å². The topological polar surface area (TPSA) is 51.2 Å². The second-order valence-corrected chi connectivity index (χ2v) is 6.18. The van der Waals surface area contributed by atoms with Crippen LogP contribution < -0.4 is 5.32 Å². The number of pyridine rings is 1. The monoisotopic (exact) mass is 304 g/mol. The number of fused-ring (bicyclic) bond motifs is 1. The normalized spacial score (nSPS) is 11.5. The molecular formula is C17H21FN2O2. The van der Waals surface area contributed by atoms with Gasteiger partial charge in [-0.25, -0.2) is 14.2 Å². The van der Waals surface area contributed by atoms with Crippen LogP contribution in [0, 0.1) is 12.7 Å². The Bertz CT molecular complexity index is 721. The molecule has 0 aliphatic carbocycles. The maximum atomic E-state index is 14.4. The SMILES string of the molecule is CCOC(=O)c1c(C)nc(NC(C)(C)C)c2c(F)cccc12. The van der Waals surface area contributed by atoms with Gasteiger partial charge in [-0.15, -0.1) is 0 Å². The molecule has 5 heteroatoms. The number of carbonyl (C=O) groups excluding carboxylic acids is 1. The molecule has 0 atom stereocenters. The van der Waals surface area contributed by atoms with Crippen molar-refractivity contribution in [3.05, 3.63) is 35.3 Å². The fourth-order valence-corrected chi connectivity index (χ4v) is 2.35. The first kappa shape index (κ1) is 16.2. The second kappa shape index (κ2) is 5.91. The van der Waals surface area contributed by atoms with E-state index in [-0.39, 0.29) is 12.1 Å². The Morgan fingerprint density at radius 3 is 2.64 bits per heavy atom. The third kappa shape index (κ3) is 3.18. The summed E-state index contributed by atoms with van der Waals surface area (Å²) in [5.41, 5.74) is 0.555. The molecule has 0 spiro atoms. The van der Waals surface area contributed by atoms with Crippen molar-refractivity contribution in [1.82, 2.24) is 4.98 Å². The Balaban J connectivity index is 2.76. The second-order valence-electron chi connectivity index (χ2n) is 6.18. The summed E-state index contributed by atoms with van der Waals surface area (Å²) in [6.07, 6.45) is 0. The largest absolute Gasteiger partial charge is 0.462 e. The predicted molar refractivity (Wildman–Crippen MR) is 85.8 cm³/mol. The number of nitrogens with one attached hydrogen (secondary N) is 1. The molecule has 1 aromatic heterocycles. The Hall–Kier alpha value is -2.17. The number of aryl methyl sites for hydroxylation is 1. The number of aromatic nitrogens is 1. The van der Waals surface area contributed by atoms with E-state index in [2.05, 4.69) is 10.3 Å². The van der Waals surface area contributed by atoms with E-state index in [4.69, 9.17) is 4.74 Å². The zero-order chi connectivity index (χ0) is 16.5. The number of esters is 1. The lowest BCUT2D eigenvalue weighted by molar-refractivity contribution is 0.0527. The summed E-state index contributed by atoms with van der Waals surface area (Å²) < 4.78 is 19.4. The molecule has 4 nitrogen and oxygen atoms in total. The van der Waals surface area contributed by atoms with E-state index in [0.29, 0.717) is 27.8 Å². The van der Waals surface area contributed by atoms with Crippen LogP contribution in [0.3, 0.4) is 0 Å². The van der Waals surface area contributed by atoms with Crippen LogP contribution >= 0.6 is 0 Å². The zero-order valence-corrected chi connectivity index (χ0v) is 13.6. The number of carbonyl (C=O) groups is 1. The molecule has 118 valence electrons. The summed E-state index contributed by atoms with van der Waals surface area (Å²) in [6, 6.07) is 4.66. The highest BCUT2D eigenvalue weighted by atomic mass is 19.1. The van der Waals surface area contributed by atoms with Gasteiger partial charge in [-0.1, -0.05) is 12.1 Å². The van der Waals surface area contributed by atoms with Gasteiger partial charge in [-0.3, -0.25) is 0 Å². The number of ether oxygens (including phenoxy) is 1. The van der Waals surface area contributed by atoms with Crippen molar-refractivity contribution in [2.24, 2.45) is 0 Å². The number of benzene rings is 1. The third-order valence-corrected chi connectivity index (χ3v) is 3.13. The molecule has 0 fully saturated rings. The lowest BCUT2D eigenvalue weighted by Gasteiger charge is -2.23. The minimum atomic E-state index is -0.481. The maximum Gasteiger partial charge on any atom is 0.340 e. The molecule has 1 aromatic carbocycles. The quantitative estimate of drug-likeness (QED) is 0.868. The van der Waals surface area contributed by atoms with E-state index in [1.165, 1.54) is 6.07 Å². The molecule has 22 heavy (non-hydrogen) atoms. The molecule has 0 saturated heterocycles.